The van der Waals surface area contributed by atoms with Gasteiger partial charge in [-0.15, -0.1) is 0 Å². The minimum Gasteiger partial charge on any atom is -0.492 e. The van der Waals surface area contributed by atoms with Crippen LogP contribution in [0.2, 0.25) is 5.02 Å². The Hall–Kier alpha value is -1.42. The molecule has 0 atom stereocenters. The van der Waals surface area contributed by atoms with Crippen molar-refractivity contribution in [3.8, 4) is 5.75 Å². The number of carbonyl (C=O) groups excluding carboxylic acids is 1. The van der Waals surface area contributed by atoms with Gasteiger partial charge in [-0.2, -0.15) is 0 Å². The van der Waals surface area contributed by atoms with Crippen molar-refractivity contribution in [3.05, 3.63) is 22.7 Å². The van der Waals surface area contributed by atoms with Crippen molar-refractivity contribution in [2.24, 2.45) is 0 Å². The SMILES string of the molecule is CCOc1cc(Cl)c(C(=O)OC)cc1N. The maximum absolute atomic E-state index is 11.3. The molecule has 0 bridgehead atoms. The Morgan fingerprint density at radius 2 is 2.20 bits per heavy atom. The molecular weight excluding hydrogens is 218 g/mol. The van der Waals surface area contributed by atoms with Gasteiger partial charge in [-0.25, -0.2) is 4.79 Å². The highest BCUT2D eigenvalue weighted by Gasteiger charge is 2.14. The minimum absolute atomic E-state index is 0.236. The number of esters is 1. The standard InChI is InChI=1S/C10H12ClNO3/c1-3-15-9-5-7(11)6(4-8(9)12)10(13)14-2/h4-5H,3,12H2,1-2H3. The lowest BCUT2D eigenvalue weighted by Gasteiger charge is -2.09. The smallest absolute Gasteiger partial charge is 0.339 e. The number of benzene rings is 1. The molecule has 0 unspecified atom stereocenters. The van der Waals surface area contributed by atoms with Crippen molar-refractivity contribution in [3.63, 3.8) is 0 Å². The van der Waals surface area contributed by atoms with Gasteiger partial charge < -0.3 is 15.2 Å². The molecule has 0 aliphatic rings. The van der Waals surface area contributed by atoms with Gasteiger partial charge in [0.1, 0.15) is 5.75 Å². The second kappa shape index (κ2) is 4.89. The lowest BCUT2D eigenvalue weighted by atomic mass is 10.2. The third-order valence-electron chi connectivity index (χ3n) is 1.80. The molecule has 0 saturated heterocycles. The maximum atomic E-state index is 11.3. The summed E-state index contributed by atoms with van der Waals surface area (Å²) < 4.78 is 9.78. The highest BCUT2D eigenvalue weighted by Crippen LogP contribution is 2.29. The van der Waals surface area contributed by atoms with Crippen LogP contribution >= 0.6 is 11.6 Å². The van der Waals surface area contributed by atoms with Crippen molar-refractivity contribution in [1.29, 1.82) is 0 Å². The summed E-state index contributed by atoms with van der Waals surface area (Å²) in [6.07, 6.45) is 0. The van der Waals surface area contributed by atoms with Crippen LogP contribution in [0.4, 0.5) is 5.69 Å². The molecule has 5 heteroatoms. The van der Waals surface area contributed by atoms with E-state index in [2.05, 4.69) is 4.74 Å². The topological polar surface area (TPSA) is 61.5 Å². The molecule has 15 heavy (non-hydrogen) atoms. The molecule has 0 heterocycles. The van der Waals surface area contributed by atoms with Gasteiger partial charge >= 0.3 is 5.97 Å². The molecule has 1 aromatic rings. The van der Waals surface area contributed by atoms with Crippen LogP contribution in [-0.4, -0.2) is 19.7 Å². The molecule has 0 aliphatic heterocycles. The first kappa shape index (κ1) is 11.7. The summed E-state index contributed by atoms with van der Waals surface area (Å²) in [6, 6.07) is 2.95. The predicted molar refractivity (Wildman–Crippen MR) is 58.4 cm³/mol. The van der Waals surface area contributed by atoms with E-state index in [1.54, 1.807) is 0 Å². The highest BCUT2D eigenvalue weighted by molar-refractivity contribution is 6.33. The van der Waals surface area contributed by atoms with E-state index in [-0.39, 0.29) is 10.6 Å². The molecule has 4 nitrogen and oxygen atoms in total. The average molecular weight is 230 g/mol. The van der Waals surface area contributed by atoms with E-state index < -0.39 is 5.97 Å². The fourth-order valence-electron chi connectivity index (χ4n) is 1.12. The molecule has 0 aromatic heterocycles. The van der Waals surface area contributed by atoms with Crippen molar-refractivity contribution in [1.82, 2.24) is 0 Å². The number of hydrogen-bond acceptors (Lipinski definition) is 4. The fraction of sp³-hybridized carbons (Fsp3) is 0.300. The van der Waals surface area contributed by atoms with Crippen LogP contribution < -0.4 is 10.5 Å². The predicted octanol–water partition coefficient (Wildman–Crippen LogP) is 2.11. The molecule has 1 rings (SSSR count). The number of hydrogen-bond donors (Lipinski definition) is 1. The molecule has 82 valence electrons. The number of nitrogen functional groups attached to an aromatic ring is 1. The van der Waals surface area contributed by atoms with Crippen molar-refractivity contribution < 1.29 is 14.3 Å². The Morgan fingerprint density at radius 1 is 1.53 bits per heavy atom. The minimum atomic E-state index is -0.519. The van der Waals surface area contributed by atoms with E-state index in [0.717, 1.165) is 0 Å². The Labute approximate surface area is 92.9 Å². The lowest BCUT2D eigenvalue weighted by Crippen LogP contribution is -2.05. The van der Waals surface area contributed by atoms with E-state index in [0.29, 0.717) is 18.0 Å². The van der Waals surface area contributed by atoms with Crippen LogP contribution in [-0.2, 0) is 4.74 Å². The molecule has 0 fully saturated rings. The van der Waals surface area contributed by atoms with E-state index in [1.807, 2.05) is 6.92 Å². The summed E-state index contributed by atoms with van der Waals surface area (Å²) in [6.45, 7) is 2.32. The van der Waals surface area contributed by atoms with Crippen LogP contribution in [0.5, 0.6) is 5.75 Å². The van der Waals surface area contributed by atoms with Gasteiger partial charge in [0, 0.05) is 6.07 Å². The van der Waals surface area contributed by atoms with Gasteiger partial charge in [-0.3, -0.25) is 0 Å². The molecular formula is C10H12ClNO3. The fourth-order valence-corrected chi connectivity index (χ4v) is 1.35. The Morgan fingerprint density at radius 3 is 2.73 bits per heavy atom. The van der Waals surface area contributed by atoms with Gasteiger partial charge in [0.25, 0.3) is 0 Å². The number of halogens is 1. The molecule has 0 amide bonds. The number of methoxy groups -OCH3 is 1. The van der Waals surface area contributed by atoms with Gasteiger partial charge in [0.05, 0.1) is 30.0 Å². The second-order valence-corrected chi connectivity index (χ2v) is 3.20. The first-order valence-electron chi connectivity index (χ1n) is 4.40. The van der Waals surface area contributed by atoms with Crippen LogP contribution in [0.15, 0.2) is 12.1 Å². The van der Waals surface area contributed by atoms with Gasteiger partial charge in [-0.05, 0) is 13.0 Å². The van der Waals surface area contributed by atoms with Gasteiger partial charge in [0.15, 0.2) is 0 Å². The number of rotatable bonds is 3. The molecule has 0 radical (unpaired) electrons. The average Bonchev–Trinajstić information content (AvgIpc) is 2.22. The first-order valence-corrected chi connectivity index (χ1v) is 4.78. The zero-order valence-electron chi connectivity index (χ0n) is 8.54. The first-order chi connectivity index (χ1) is 7.10. The van der Waals surface area contributed by atoms with Crippen molar-refractivity contribution >= 4 is 23.3 Å². The summed E-state index contributed by atoms with van der Waals surface area (Å²) in [5.41, 5.74) is 6.28. The lowest BCUT2D eigenvalue weighted by molar-refractivity contribution is 0.0601. The number of nitrogens with two attached hydrogens (primary N) is 1. The third kappa shape index (κ3) is 2.53. The Balaban J connectivity index is 3.13. The van der Waals surface area contributed by atoms with Crippen LogP contribution in [0, 0.1) is 0 Å². The monoisotopic (exact) mass is 229 g/mol. The molecule has 2 N–H and O–H groups in total. The summed E-state index contributed by atoms with van der Waals surface area (Å²) >= 11 is 5.87. The van der Waals surface area contributed by atoms with Gasteiger partial charge in [0.2, 0.25) is 0 Å². The van der Waals surface area contributed by atoms with E-state index in [1.165, 1.54) is 19.2 Å². The van der Waals surface area contributed by atoms with E-state index in [4.69, 9.17) is 22.1 Å². The second-order valence-electron chi connectivity index (χ2n) is 2.79. The molecule has 1 aromatic carbocycles. The largest absolute Gasteiger partial charge is 0.492 e. The Bertz CT molecular complexity index is 379. The van der Waals surface area contributed by atoms with E-state index >= 15 is 0 Å². The number of anilines is 1. The molecule has 0 saturated carbocycles. The summed E-state index contributed by atoms with van der Waals surface area (Å²) in [7, 11) is 1.28. The Kier molecular flexibility index (Phi) is 3.80. The third-order valence-corrected chi connectivity index (χ3v) is 2.12. The van der Waals surface area contributed by atoms with Crippen molar-refractivity contribution in [2.75, 3.05) is 19.5 Å². The van der Waals surface area contributed by atoms with E-state index in [9.17, 15) is 4.79 Å². The quantitative estimate of drug-likeness (QED) is 0.637. The van der Waals surface area contributed by atoms with Crippen molar-refractivity contribution in [2.45, 2.75) is 6.92 Å². The van der Waals surface area contributed by atoms with Gasteiger partial charge in [-0.1, -0.05) is 11.6 Å². The summed E-state index contributed by atoms with van der Waals surface area (Å²) in [4.78, 5) is 11.3. The number of carbonyl (C=O) groups is 1. The summed E-state index contributed by atoms with van der Waals surface area (Å²) in [5, 5.41) is 0.263. The number of ether oxygens (including phenoxy) is 2. The zero-order chi connectivity index (χ0) is 11.4. The highest BCUT2D eigenvalue weighted by atomic mass is 35.5. The van der Waals surface area contributed by atoms with Crippen LogP contribution in [0.25, 0.3) is 0 Å². The molecule has 0 spiro atoms. The molecule has 0 aliphatic carbocycles. The van der Waals surface area contributed by atoms with Crippen LogP contribution in [0.1, 0.15) is 17.3 Å². The zero-order valence-corrected chi connectivity index (χ0v) is 9.30. The van der Waals surface area contributed by atoms with Crippen LogP contribution in [0.3, 0.4) is 0 Å². The normalized spacial score (nSPS) is 9.80. The maximum Gasteiger partial charge on any atom is 0.339 e. The summed E-state index contributed by atoms with van der Waals surface area (Å²) in [5.74, 6) is -0.0510.